The molecule has 1 aromatic carbocycles. The van der Waals surface area contributed by atoms with Gasteiger partial charge >= 0.3 is 0 Å². The lowest BCUT2D eigenvalue weighted by atomic mass is 10.1. The summed E-state index contributed by atoms with van der Waals surface area (Å²) in [5.74, 6) is 1.03. The van der Waals surface area contributed by atoms with Gasteiger partial charge < -0.3 is 11.1 Å². The lowest BCUT2D eigenvalue weighted by Crippen LogP contribution is -2.46. The Bertz CT molecular complexity index is 412. The number of rotatable bonds is 9. The van der Waals surface area contributed by atoms with Gasteiger partial charge in [-0.15, -0.1) is 0 Å². The molecule has 0 saturated heterocycles. The van der Waals surface area contributed by atoms with Crippen molar-refractivity contribution in [2.45, 2.75) is 37.6 Å². The first-order valence-corrected chi connectivity index (χ1v) is 7.88. The average Bonchev–Trinajstić information content (AvgIpc) is 2.47. The highest BCUT2D eigenvalue weighted by molar-refractivity contribution is 7.98. The van der Waals surface area contributed by atoms with Gasteiger partial charge in [-0.2, -0.15) is 11.8 Å². The lowest BCUT2D eigenvalue weighted by Gasteiger charge is -2.15. The van der Waals surface area contributed by atoms with Crippen LogP contribution in [0.1, 0.15) is 25.3 Å². The van der Waals surface area contributed by atoms with Gasteiger partial charge in [0.1, 0.15) is 6.04 Å². The van der Waals surface area contributed by atoms with Crippen molar-refractivity contribution in [2.75, 3.05) is 5.75 Å². The number of nitrogens with one attached hydrogen (secondary N) is 1. The first kappa shape index (κ1) is 16.7. The maximum Gasteiger partial charge on any atom is 0.237 e. The van der Waals surface area contributed by atoms with Crippen LogP contribution in [0.25, 0.3) is 0 Å². The van der Waals surface area contributed by atoms with Gasteiger partial charge in [0.15, 0.2) is 0 Å². The number of hydrogen-bond acceptors (Lipinski definition) is 4. The second kappa shape index (κ2) is 9.55. The van der Waals surface area contributed by atoms with Gasteiger partial charge in [0.05, 0.1) is 6.04 Å². The fourth-order valence-corrected chi connectivity index (χ4v) is 2.63. The third kappa shape index (κ3) is 6.21. The van der Waals surface area contributed by atoms with Crippen LogP contribution in [0.15, 0.2) is 30.3 Å². The van der Waals surface area contributed by atoms with E-state index in [0.717, 1.165) is 12.2 Å². The molecule has 4 nitrogen and oxygen atoms in total. The van der Waals surface area contributed by atoms with Gasteiger partial charge in [-0.25, -0.2) is 0 Å². The molecule has 0 heterocycles. The molecule has 0 bridgehead atoms. The predicted molar refractivity (Wildman–Crippen MR) is 83.1 cm³/mol. The summed E-state index contributed by atoms with van der Waals surface area (Å²) < 4.78 is 0. The second-order valence-corrected chi connectivity index (χ2v) is 5.61. The topological polar surface area (TPSA) is 72.2 Å². The van der Waals surface area contributed by atoms with Gasteiger partial charge in [-0.05, 0) is 12.0 Å². The molecule has 0 aliphatic heterocycles. The first-order valence-electron chi connectivity index (χ1n) is 6.72. The number of nitrogens with two attached hydrogens (primary N) is 1. The third-order valence-electron chi connectivity index (χ3n) is 2.79. The van der Waals surface area contributed by atoms with Gasteiger partial charge in [0.2, 0.25) is 12.2 Å². The zero-order chi connectivity index (χ0) is 14.8. The molecule has 109 valence electrons. The molecule has 20 heavy (non-hydrogen) atoms. The molecular formula is C15H21N2O2S. The van der Waals surface area contributed by atoms with Crippen molar-refractivity contribution in [3.8, 4) is 0 Å². The van der Waals surface area contributed by atoms with E-state index in [9.17, 15) is 9.59 Å². The summed E-state index contributed by atoms with van der Waals surface area (Å²) in [4.78, 5) is 22.6. The smallest absolute Gasteiger partial charge is 0.237 e. The summed E-state index contributed by atoms with van der Waals surface area (Å²) in [6.45, 7) is 1.96. The van der Waals surface area contributed by atoms with E-state index in [1.807, 2.05) is 43.5 Å². The van der Waals surface area contributed by atoms with Crippen molar-refractivity contribution < 1.29 is 9.59 Å². The fraction of sp³-hybridized carbons (Fsp3) is 0.467. The van der Waals surface area contributed by atoms with E-state index in [2.05, 4.69) is 5.32 Å². The molecule has 0 aromatic heterocycles. The third-order valence-corrected chi connectivity index (χ3v) is 3.90. The summed E-state index contributed by atoms with van der Waals surface area (Å²) in [6, 6.07) is 8.83. The van der Waals surface area contributed by atoms with Crippen molar-refractivity contribution in [2.24, 2.45) is 5.73 Å². The number of thioether (sulfide) groups is 1. The largest absolute Gasteiger partial charge is 0.344 e. The van der Waals surface area contributed by atoms with Crippen molar-refractivity contribution in [3.63, 3.8) is 0 Å². The normalized spacial score (nSPS) is 13.5. The zero-order valence-corrected chi connectivity index (χ0v) is 12.5. The van der Waals surface area contributed by atoms with Crippen LogP contribution in [0, 0.1) is 0 Å². The van der Waals surface area contributed by atoms with Crippen LogP contribution in [0.2, 0.25) is 0 Å². The number of hydrogen-bond donors (Lipinski definition) is 2. The molecule has 3 N–H and O–H groups in total. The van der Waals surface area contributed by atoms with Gasteiger partial charge in [0, 0.05) is 11.5 Å². The summed E-state index contributed by atoms with van der Waals surface area (Å²) in [5.41, 5.74) is 6.89. The van der Waals surface area contributed by atoms with Crippen molar-refractivity contribution in [3.05, 3.63) is 35.9 Å². The molecule has 0 aliphatic carbocycles. The number of carbonyl (C=O) groups is 1. The van der Waals surface area contributed by atoms with Crippen LogP contribution in [0.5, 0.6) is 0 Å². The van der Waals surface area contributed by atoms with Crippen LogP contribution >= 0.6 is 11.8 Å². The molecule has 2 unspecified atom stereocenters. The molecule has 5 heteroatoms. The Morgan fingerprint density at radius 3 is 2.70 bits per heavy atom. The molecule has 1 aromatic rings. The average molecular weight is 293 g/mol. The van der Waals surface area contributed by atoms with E-state index in [0.29, 0.717) is 12.2 Å². The summed E-state index contributed by atoms with van der Waals surface area (Å²) >= 11 is 1.59. The fourth-order valence-electron chi connectivity index (χ4n) is 1.69. The highest BCUT2D eigenvalue weighted by Crippen LogP contribution is 2.12. The monoisotopic (exact) mass is 293 g/mol. The number of benzene rings is 1. The molecule has 0 spiro atoms. The minimum atomic E-state index is -0.598. The van der Waals surface area contributed by atoms with Crippen LogP contribution in [-0.2, 0) is 15.3 Å². The molecule has 1 amide bonds. The first-order chi connectivity index (χ1) is 9.67. The van der Waals surface area contributed by atoms with E-state index < -0.39 is 12.1 Å². The second-order valence-electron chi connectivity index (χ2n) is 4.57. The molecule has 0 fully saturated rings. The van der Waals surface area contributed by atoms with Crippen LogP contribution in [-0.4, -0.2) is 30.0 Å². The maximum atomic E-state index is 11.7. The molecule has 1 rings (SSSR count). The van der Waals surface area contributed by atoms with E-state index >= 15 is 0 Å². The molecular weight excluding hydrogens is 272 g/mol. The van der Waals surface area contributed by atoms with Crippen molar-refractivity contribution in [1.82, 2.24) is 5.32 Å². The Hall–Kier alpha value is -1.33. The summed E-state index contributed by atoms with van der Waals surface area (Å²) in [6.07, 6.45) is 3.32. The minimum absolute atomic E-state index is 0.277. The lowest BCUT2D eigenvalue weighted by molar-refractivity contribution is -0.122. The quantitative estimate of drug-likeness (QED) is 0.726. The molecule has 0 aliphatic rings. The van der Waals surface area contributed by atoms with Crippen molar-refractivity contribution in [1.29, 1.82) is 0 Å². The molecule has 0 saturated carbocycles. The van der Waals surface area contributed by atoms with Gasteiger partial charge in [-0.1, -0.05) is 43.7 Å². The molecule has 2 atom stereocenters. The van der Waals surface area contributed by atoms with Gasteiger partial charge in [0.25, 0.3) is 0 Å². The Kier molecular flexibility index (Phi) is 7.99. The summed E-state index contributed by atoms with van der Waals surface area (Å²) in [5, 5.41) is 2.63. The Morgan fingerprint density at radius 1 is 1.40 bits per heavy atom. The highest BCUT2D eigenvalue weighted by Gasteiger charge is 2.17. The van der Waals surface area contributed by atoms with E-state index in [1.54, 1.807) is 11.8 Å². The van der Waals surface area contributed by atoms with E-state index in [4.69, 9.17) is 5.73 Å². The highest BCUT2D eigenvalue weighted by atomic mass is 32.2. The summed E-state index contributed by atoms with van der Waals surface area (Å²) in [7, 11) is 0. The van der Waals surface area contributed by atoms with Crippen molar-refractivity contribution >= 4 is 24.0 Å². The standard InChI is InChI=1S/C15H21N2O2S/c1-2-6-14(16)15(19)17-13(9-18)11-20-10-12-7-4-3-5-8-12/h3-5,7-8,13-14H,2,6,10-11,16H2,1H3,(H,17,19). The van der Waals surface area contributed by atoms with Crippen LogP contribution < -0.4 is 11.1 Å². The Balaban J connectivity index is 2.32. The van der Waals surface area contributed by atoms with Crippen LogP contribution in [0.3, 0.4) is 0 Å². The SMILES string of the molecule is CCCC(N)C(=O)NC([C]=O)CSCc1ccccc1. The van der Waals surface area contributed by atoms with Gasteiger partial charge in [-0.3, -0.25) is 9.59 Å². The Morgan fingerprint density at radius 2 is 2.10 bits per heavy atom. The van der Waals surface area contributed by atoms with E-state index in [1.165, 1.54) is 5.56 Å². The number of carbonyl (C=O) groups excluding carboxylic acids is 2. The van der Waals surface area contributed by atoms with Crippen LogP contribution in [0.4, 0.5) is 0 Å². The van der Waals surface area contributed by atoms with E-state index in [-0.39, 0.29) is 5.91 Å². The maximum absolute atomic E-state index is 11.7. The molecule has 1 radical (unpaired) electrons. The minimum Gasteiger partial charge on any atom is -0.344 e. The predicted octanol–water partition coefficient (Wildman–Crippen LogP) is 1.64. The Labute approximate surface area is 124 Å². The number of amides is 1. The zero-order valence-electron chi connectivity index (χ0n) is 11.7.